The van der Waals surface area contributed by atoms with Gasteiger partial charge in [-0.1, -0.05) is 0 Å². The second-order valence-corrected chi connectivity index (χ2v) is 6.78. The first-order valence-corrected chi connectivity index (χ1v) is 8.09. The SMILES string of the molecule is O=C(Nc1ccc(S(=O)(=O)C(F)F)cc1)[C@@H]1CCCNC1. The first-order valence-electron chi connectivity index (χ1n) is 6.55. The average molecular weight is 318 g/mol. The molecule has 21 heavy (non-hydrogen) atoms. The highest BCUT2D eigenvalue weighted by Crippen LogP contribution is 2.21. The second kappa shape index (κ2) is 6.48. The first-order chi connectivity index (χ1) is 9.91. The van der Waals surface area contributed by atoms with Gasteiger partial charge in [0.15, 0.2) is 0 Å². The smallest absolute Gasteiger partial charge is 0.326 e. The molecule has 5 nitrogen and oxygen atoms in total. The number of nitrogens with one attached hydrogen (secondary N) is 2. The van der Waals surface area contributed by atoms with Crippen molar-refractivity contribution in [2.24, 2.45) is 5.92 Å². The average Bonchev–Trinajstić information content (AvgIpc) is 2.48. The molecule has 1 atom stereocenters. The molecule has 8 heteroatoms. The van der Waals surface area contributed by atoms with E-state index in [1.807, 2.05) is 0 Å². The lowest BCUT2D eigenvalue weighted by Gasteiger charge is -2.21. The fourth-order valence-electron chi connectivity index (χ4n) is 2.15. The Labute approximate surface area is 121 Å². The molecule has 0 bridgehead atoms. The van der Waals surface area contributed by atoms with E-state index in [1.54, 1.807) is 0 Å². The minimum Gasteiger partial charge on any atom is -0.326 e. The lowest BCUT2D eigenvalue weighted by molar-refractivity contribution is -0.120. The Kier molecular flexibility index (Phi) is 4.89. The molecular formula is C13H16F2N2O3S. The van der Waals surface area contributed by atoms with Crippen LogP contribution < -0.4 is 10.6 Å². The van der Waals surface area contributed by atoms with E-state index in [0.29, 0.717) is 12.2 Å². The van der Waals surface area contributed by atoms with E-state index in [-0.39, 0.29) is 11.8 Å². The highest BCUT2D eigenvalue weighted by Gasteiger charge is 2.26. The Balaban J connectivity index is 2.04. The predicted octanol–water partition coefficient (Wildman–Crippen LogP) is 1.62. The molecule has 1 heterocycles. The Morgan fingerprint density at radius 2 is 1.95 bits per heavy atom. The van der Waals surface area contributed by atoms with Crippen LogP contribution >= 0.6 is 0 Å². The van der Waals surface area contributed by atoms with Crippen LogP contribution in [0.15, 0.2) is 29.2 Å². The van der Waals surface area contributed by atoms with Gasteiger partial charge in [-0.3, -0.25) is 4.79 Å². The van der Waals surface area contributed by atoms with Gasteiger partial charge in [0.1, 0.15) is 0 Å². The van der Waals surface area contributed by atoms with Crippen molar-refractivity contribution >= 4 is 21.4 Å². The summed E-state index contributed by atoms with van der Waals surface area (Å²) in [7, 11) is -4.60. The van der Waals surface area contributed by atoms with Crippen molar-refractivity contribution in [2.75, 3.05) is 18.4 Å². The molecule has 1 aromatic rings. The lowest BCUT2D eigenvalue weighted by atomic mass is 9.99. The number of rotatable bonds is 4. The zero-order valence-corrected chi connectivity index (χ0v) is 12.0. The molecule has 0 aliphatic carbocycles. The van der Waals surface area contributed by atoms with E-state index >= 15 is 0 Å². The van der Waals surface area contributed by atoms with Gasteiger partial charge in [0.2, 0.25) is 15.7 Å². The van der Waals surface area contributed by atoms with Gasteiger partial charge in [-0.15, -0.1) is 0 Å². The standard InChI is InChI=1S/C13H16F2N2O3S/c14-13(15)21(19,20)11-5-3-10(4-6-11)17-12(18)9-2-1-7-16-8-9/h3-6,9,13,16H,1-2,7-8H2,(H,17,18)/t9-/m1/s1. The summed E-state index contributed by atoms with van der Waals surface area (Å²) in [4.78, 5) is 11.5. The van der Waals surface area contributed by atoms with Crippen molar-refractivity contribution in [3.8, 4) is 0 Å². The van der Waals surface area contributed by atoms with Gasteiger partial charge in [-0.25, -0.2) is 8.42 Å². The quantitative estimate of drug-likeness (QED) is 0.884. The Morgan fingerprint density at radius 3 is 2.48 bits per heavy atom. The summed E-state index contributed by atoms with van der Waals surface area (Å²) >= 11 is 0. The molecule has 2 rings (SSSR count). The number of alkyl halides is 2. The molecule has 1 aliphatic heterocycles. The Bertz CT molecular complexity index is 596. The van der Waals surface area contributed by atoms with Crippen molar-refractivity contribution in [1.29, 1.82) is 0 Å². The van der Waals surface area contributed by atoms with Crippen molar-refractivity contribution in [1.82, 2.24) is 5.32 Å². The number of sulfone groups is 1. The van der Waals surface area contributed by atoms with Gasteiger partial charge >= 0.3 is 5.76 Å². The summed E-state index contributed by atoms with van der Waals surface area (Å²) in [6, 6.07) is 4.75. The third-order valence-corrected chi connectivity index (χ3v) is 4.75. The van der Waals surface area contributed by atoms with E-state index in [0.717, 1.165) is 31.5 Å². The van der Waals surface area contributed by atoms with Crippen LogP contribution in [0.1, 0.15) is 12.8 Å². The van der Waals surface area contributed by atoms with Crippen LogP contribution in [0.2, 0.25) is 0 Å². The summed E-state index contributed by atoms with van der Waals surface area (Å²) in [5.41, 5.74) is 0.388. The number of anilines is 1. The van der Waals surface area contributed by atoms with Gasteiger partial charge in [0.25, 0.3) is 0 Å². The highest BCUT2D eigenvalue weighted by atomic mass is 32.2. The second-order valence-electron chi connectivity index (χ2n) is 4.86. The molecule has 0 radical (unpaired) electrons. The minimum atomic E-state index is -4.60. The monoisotopic (exact) mass is 318 g/mol. The van der Waals surface area contributed by atoms with Gasteiger partial charge in [0, 0.05) is 12.2 Å². The predicted molar refractivity (Wildman–Crippen MR) is 73.9 cm³/mol. The van der Waals surface area contributed by atoms with E-state index in [4.69, 9.17) is 0 Å². The maximum absolute atomic E-state index is 12.4. The fourth-order valence-corrected chi connectivity index (χ4v) is 2.87. The number of piperidine rings is 1. The molecule has 2 N–H and O–H groups in total. The first kappa shape index (κ1) is 15.8. The summed E-state index contributed by atoms with van der Waals surface area (Å²) < 4.78 is 47.3. The maximum Gasteiger partial charge on any atom is 0.341 e. The van der Waals surface area contributed by atoms with Crippen LogP contribution in [0.5, 0.6) is 0 Å². The van der Waals surface area contributed by atoms with Gasteiger partial charge in [0.05, 0.1) is 10.8 Å². The van der Waals surface area contributed by atoms with E-state index < -0.39 is 20.5 Å². The number of carbonyl (C=O) groups excluding carboxylic acids is 1. The third kappa shape index (κ3) is 3.76. The van der Waals surface area contributed by atoms with Crippen LogP contribution in [0.3, 0.4) is 0 Å². The number of carbonyl (C=O) groups is 1. The van der Waals surface area contributed by atoms with Gasteiger partial charge in [-0.2, -0.15) is 8.78 Å². The molecule has 1 fully saturated rings. The summed E-state index contributed by atoms with van der Waals surface area (Å²) in [5, 5.41) is 5.78. The molecular weight excluding hydrogens is 302 g/mol. The summed E-state index contributed by atoms with van der Waals surface area (Å²) in [6.07, 6.45) is 1.71. The van der Waals surface area contributed by atoms with Gasteiger partial charge in [-0.05, 0) is 43.7 Å². The Morgan fingerprint density at radius 1 is 1.29 bits per heavy atom. The molecule has 0 spiro atoms. The molecule has 0 unspecified atom stereocenters. The molecule has 0 aromatic heterocycles. The van der Waals surface area contributed by atoms with E-state index in [2.05, 4.69) is 10.6 Å². The highest BCUT2D eigenvalue weighted by molar-refractivity contribution is 7.91. The van der Waals surface area contributed by atoms with Crippen molar-refractivity contribution < 1.29 is 22.0 Å². The van der Waals surface area contributed by atoms with E-state index in [1.165, 1.54) is 12.1 Å². The zero-order valence-electron chi connectivity index (χ0n) is 11.2. The largest absolute Gasteiger partial charge is 0.341 e. The number of halogens is 2. The topological polar surface area (TPSA) is 75.3 Å². The fraction of sp³-hybridized carbons (Fsp3) is 0.462. The number of benzene rings is 1. The van der Waals surface area contributed by atoms with Crippen molar-refractivity contribution in [3.63, 3.8) is 0 Å². The van der Waals surface area contributed by atoms with Crippen molar-refractivity contribution in [3.05, 3.63) is 24.3 Å². The number of hydrogen-bond donors (Lipinski definition) is 2. The summed E-state index contributed by atoms with van der Waals surface area (Å²) in [5.74, 6) is -3.75. The Hall–Kier alpha value is -1.54. The third-order valence-electron chi connectivity index (χ3n) is 3.35. The number of hydrogen-bond acceptors (Lipinski definition) is 4. The molecule has 1 saturated heterocycles. The van der Waals surface area contributed by atoms with Crippen LogP contribution in [0.4, 0.5) is 14.5 Å². The molecule has 116 valence electrons. The summed E-state index contributed by atoms with van der Waals surface area (Å²) in [6.45, 7) is 1.49. The van der Waals surface area contributed by atoms with Crippen LogP contribution in [-0.2, 0) is 14.6 Å². The number of amides is 1. The molecule has 1 amide bonds. The lowest BCUT2D eigenvalue weighted by Crippen LogP contribution is -2.37. The van der Waals surface area contributed by atoms with Crippen molar-refractivity contribution in [2.45, 2.75) is 23.5 Å². The zero-order chi connectivity index (χ0) is 15.5. The molecule has 1 aromatic carbocycles. The molecule has 0 saturated carbocycles. The minimum absolute atomic E-state index is 0.136. The molecule has 1 aliphatic rings. The van der Waals surface area contributed by atoms with Crippen LogP contribution in [0, 0.1) is 5.92 Å². The van der Waals surface area contributed by atoms with Crippen LogP contribution in [0.25, 0.3) is 0 Å². The van der Waals surface area contributed by atoms with Gasteiger partial charge < -0.3 is 10.6 Å². The normalized spacial score (nSPS) is 19.5. The van der Waals surface area contributed by atoms with Crippen LogP contribution in [-0.4, -0.2) is 33.2 Å². The maximum atomic E-state index is 12.4. The van der Waals surface area contributed by atoms with E-state index in [9.17, 15) is 22.0 Å².